The van der Waals surface area contributed by atoms with Gasteiger partial charge in [0, 0.05) is 24.3 Å². The third-order valence-electron chi connectivity index (χ3n) is 3.56. The zero-order valence-corrected chi connectivity index (χ0v) is 11.4. The molecule has 1 heterocycles. The number of benzene rings is 1. The summed E-state index contributed by atoms with van der Waals surface area (Å²) in [6.07, 6.45) is 7.13. The highest BCUT2D eigenvalue weighted by Crippen LogP contribution is 2.20. The third kappa shape index (κ3) is 3.25. The average molecular weight is 266 g/mol. The monoisotopic (exact) mass is 266 g/mol. The summed E-state index contributed by atoms with van der Waals surface area (Å²) >= 11 is 0. The fraction of sp³-hybridized carbons (Fsp3) is 0.375. The van der Waals surface area contributed by atoms with E-state index in [0.717, 1.165) is 18.5 Å². The van der Waals surface area contributed by atoms with E-state index in [1.54, 1.807) is 0 Å². The summed E-state index contributed by atoms with van der Waals surface area (Å²) in [6, 6.07) is 13.0. The standard InChI is InChI=1S/C16H18N4/c17-10-16(19-15-6-7-15)8-9-20-12-14(11-18-20)13-4-2-1-3-5-13/h1-5,11-12,15-16,19H,6-9H2. The van der Waals surface area contributed by atoms with Crippen molar-refractivity contribution in [3.05, 3.63) is 42.7 Å². The van der Waals surface area contributed by atoms with Crippen LogP contribution >= 0.6 is 0 Å². The van der Waals surface area contributed by atoms with Gasteiger partial charge in [0.05, 0.1) is 18.3 Å². The van der Waals surface area contributed by atoms with Crippen molar-refractivity contribution in [2.45, 2.75) is 37.9 Å². The molecule has 1 unspecified atom stereocenters. The van der Waals surface area contributed by atoms with Crippen LogP contribution in [0.25, 0.3) is 11.1 Å². The molecule has 2 aromatic rings. The van der Waals surface area contributed by atoms with Gasteiger partial charge in [-0.1, -0.05) is 30.3 Å². The second kappa shape index (κ2) is 5.89. The van der Waals surface area contributed by atoms with Crippen LogP contribution in [0, 0.1) is 11.3 Å². The van der Waals surface area contributed by atoms with Crippen molar-refractivity contribution < 1.29 is 0 Å². The van der Waals surface area contributed by atoms with Crippen LogP contribution in [-0.2, 0) is 6.54 Å². The summed E-state index contributed by atoms with van der Waals surface area (Å²) in [4.78, 5) is 0. The average Bonchev–Trinajstić information content (AvgIpc) is 3.19. The van der Waals surface area contributed by atoms with Crippen LogP contribution in [0.4, 0.5) is 0 Å². The minimum atomic E-state index is -0.0631. The van der Waals surface area contributed by atoms with Gasteiger partial charge in [-0.15, -0.1) is 0 Å². The summed E-state index contributed by atoms with van der Waals surface area (Å²) in [5, 5.41) is 16.8. The number of nitrogens with one attached hydrogen (secondary N) is 1. The molecular weight excluding hydrogens is 248 g/mol. The van der Waals surface area contributed by atoms with Crippen molar-refractivity contribution in [2.75, 3.05) is 0 Å². The Hall–Kier alpha value is -2.12. The Balaban J connectivity index is 1.58. The lowest BCUT2D eigenvalue weighted by Gasteiger charge is -2.10. The zero-order valence-electron chi connectivity index (χ0n) is 11.4. The van der Waals surface area contributed by atoms with E-state index in [0.29, 0.717) is 6.04 Å². The highest BCUT2D eigenvalue weighted by Gasteiger charge is 2.24. The molecule has 20 heavy (non-hydrogen) atoms. The SMILES string of the molecule is N#CC(CCn1cc(-c2ccccc2)cn1)NC1CC1. The largest absolute Gasteiger partial charge is 0.299 e. The molecule has 1 aliphatic rings. The molecule has 0 spiro atoms. The number of aryl methyl sites for hydroxylation is 1. The number of rotatable bonds is 6. The van der Waals surface area contributed by atoms with Crippen molar-refractivity contribution in [2.24, 2.45) is 0 Å². The summed E-state index contributed by atoms with van der Waals surface area (Å²) in [5.41, 5.74) is 2.29. The topological polar surface area (TPSA) is 53.6 Å². The molecule has 0 amide bonds. The van der Waals surface area contributed by atoms with Gasteiger partial charge < -0.3 is 0 Å². The Bertz CT molecular complexity index is 592. The minimum Gasteiger partial charge on any atom is -0.299 e. The van der Waals surface area contributed by atoms with Gasteiger partial charge in [0.1, 0.15) is 0 Å². The van der Waals surface area contributed by atoms with Gasteiger partial charge in [0.15, 0.2) is 0 Å². The van der Waals surface area contributed by atoms with Crippen molar-refractivity contribution in [1.82, 2.24) is 15.1 Å². The van der Waals surface area contributed by atoms with Crippen molar-refractivity contribution in [3.63, 3.8) is 0 Å². The maximum Gasteiger partial charge on any atom is 0.0972 e. The van der Waals surface area contributed by atoms with E-state index in [4.69, 9.17) is 5.26 Å². The molecule has 0 saturated heterocycles. The maximum atomic E-state index is 9.12. The highest BCUT2D eigenvalue weighted by atomic mass is 15.3. The Morgan fingerprint density at radius 3 is 2.80 bits per heavy atom. The normalized spacial score (nSPS) is 15.8. The number of hydrogen-bond donors (Lipinski definition) is 1. The van der Waals surface area contributed by atoms with Crippen LogP contribution in [0.15, 0.2) is 42.7 Å². The van der Waals surface area contributed by atoms with E-state index >= 15 is 0 Å². The van der Waals surface area contributed by atoms with Crippen LogP contribution in [0.2, 0.25) is 0 Å². The maximum absolute atomic E-state index is 9.12. The van der Waals surface area contributed by atoms with Crippen LogP contribution in [-0.4, -0.2) is 21.9 Å². The van der Waals surface area contributed by atoms with Crippen LogP contribution in [0.5, 0.6) is 0 Å². The number of nitriles is 1. The molecule has 1 fully saturated rings. The fourth-order valence-corrected chi connectivity index (χ4v) is 2.25. The lowest BCUT2D eigenvalue weighted by Crippen LogP contribution is -2.30. The Kier molecular flexibility index (Phi) is 3.80. The van der Waals surface area contributed by atoms with Gasteiger partial charge in [0.25, 0.3) is 0 Å². The molecule has 0 radical (unpaired) electrons. The summed E-state index contributed by atoms with van der Waals surface area (Å²) in [5.74, 6) is 0. The minimum absolute atomic E-state index is 0.0631. The molecule has 1 N–H and O–H groups in total. The van der Waals surface area contributed by atoms with E-state index in [9.17, 15) is 0 Å². The van der Waals surface area contributed by atoms with Crippen molar-refractivity contribution in [1.29, 1.82) is 5.26 Å². The van der Waals surface area contributed by atoms with Gasteiger partial charge in [0.2, 0.25) is 0 Å². The van der Waals surface area contributed by atoms with Crippen LogP contribution in [0.3, 0.4) is 0 Å². The molecule has 102 valence electrons. The molecule has 3 rings (SSSR count). The lowest BCUT2D eigenvalue weighted by atomic mass is 10.1. The molecule has 1 aliphatic carbocycles. The Morgan fingerprint density at radius 2 is 2.10 bits per heavy atom. The van der Waals surface area contributed by atoms with E-state index in [1.165, 1.54) is 18.4 Å². The Labute approximate surface area is 119 Å². The fourth-order valence-electron chi connectivity index (χ4n) is 2.25. The summed E-state index contributed by atoms with van der Waals surface area (Å²) < 4.78 is 1.92. The number of aromatic nitrogens is 2. The summed E-state index contributed by atoms with van der Waals surface area (Å²) in [6.45, 7) is 0.769. The van der Waals surface area contributed by atoms with Crippen molar-refractivity contribution >= 4 is 0 Å². The Morgan fingerprint density at radius 1 is 1.30 bits per heavy atom. The smallest absolute Gasteiger partial charge is 0.0972 e. The number of hydrogen-bond acceptors (Lipinski definition) is 3. The predicted molar refractivity (Wildman–Crippen MR) is 77.8 cm³/mol. The molecule has 0 bridgehead atoms. The van der Waals surface area contributed by atoms with Crippen molar-refractivity contribution in [3.8, 4) is 17.2 Å². The molecule has 1 atom stereocenters. The molecule has 4 nitrogen and oxygen atoms in total. The van der Waals surface area contributed by atoms with Crippen LogP contribution in [0.1, 0.15) is 19.3 Å². The first-order valence-electron chi connectivity index (χ1n) is 7.09. The van der Waals surface area contributed by atoms with Gasteiger partial charge in [-0.05, 0) is 24.8 Å². The highest BCUT2D eigenvalue weighted by molar-refractivity contribution is 5.61. The predicted octanol–water partition coefficient (Wildman–Crippen LogP) is 2.58. The molecule has 4 heteroatoms. The van der Waals surface area contributed by atoms with Gasteiger partial charge in [-0.3, -0.25) is 10.00 Å². The molecule has 0 aliphatic heterocycles. The molecule has 1 aromatic heterocycles. The molecule has 1 saturated carbocycles. The van der Waals surface area contributed by atoms with Crippen LogP contribution < -0.4 is 5.32 Å². The molecule has 1 aromatic carbocycles. The van der Waals surface area contributed by atoms with Gasteiger partial charge in [-0.25, -0.2) is 0 Å². The quantitative estimate of drug-likeness (QED) is 0.874. The zero-order chi connectivity index (χ0) is 13.8. The van der Waals surface area contributed by atoms with E-state index in [2.05, 4.69) is 28.6 Å². The third-order valence-corrected chi connectivity index (χ3v) is 3.56. The first-order chi connectivity index (χ1) is 9.85. The lowest BCUT2D eigenvalue weighted by molar-refractivity contribution is 0.491. The van der Waals surface area contributed by atoms with E-state index in [1.807, 2.05) is 35.3 Å². The second-order valence-electron chi connectivity index (χ2n) is 5.27. The summed E-state index contributed by atoms with van der Waals surface area (Å²) in [7, 11) is 0. The first kappa shape index (κ1) is 12.9. The van der Waals surface area contributed by atoms with E-state index < -0.39 is 0 Å². The van der Waals surface area contributed by atoms with Gasteiger partial charge >= 0.3 is 0 Å². The van der Waals surface area contributed by atoms with Gasteiger partial charge in [-0.2, -0.15) is 10.4 Å². The first-order valence-corrected chi connectivity index (χ1v) is 7.09. The van der Waals surface area contributed by atoms with E-state index in [-0.39, 0.29) is 6.04 Å². The second-order valence-corrected chi connectivity index (χ2v) is 5.27. The number of nitrogens with zero attached hydrogens (tertiary/aromatic N) is 3. The molecular formula is C16H18N4.